The Morgan fingerprint density at radius 2 is 2.25 bits per heavy atom. The Morgan fingerprint density at radius 3 is 2.88 bits per heavy atom. The molecule has 3 heterocycles. The SMILES string of the molecule is Cc1nc([C@H]2CCCN2CC(=O)Nc2nc(C(C)(C)C)cs2)n[nH]1. The van der Waals surface area contributed by atoms with Crippen molar-refractivity contribution in [3.05, 3.63) is 22.7 Å². The number of hydrogen-bond donors (Lipinski definition) is 2. The zero-order chi connectivity index (χ0) is 17.3. The van der Waals surface area contributed by atoms with E-state index in [0.29, 0.717) is 11.7 Å². The molecular formula is C16H24N6OS. The maximum atomic E-state index is 12.4. The van der Waals surface area contributed by atoms with Crippen LogP contribution in [0, 0.1) is 6.92 Å². The van der Waals surface area contributed by atoms with Crippen molar-refractivity contribution in [2.45, 2.75) is 52.0 Å². The average molecular weight is 348 g/mol. The van der Waals surface area contributed by atoms with Crippen molar-refractivity contribution in [1.29, 1.82) is 0 Å². The Kier molecular flexibility index (Phi) is 4.69. The second-order valence-electron chi connectivity index (χ2n) is 7.24. The normalized spacial score (nSPS) is 18.9. The van der Waals surface area contributed by atoms with Crippen LogP contribution >= 0.6 is 11.3 Å². The number of carbonyl (C=O) groups is 1. The molecule has 0 bridgehead atoms. The molecule has 130 valence electrons. The first-order valence-electron chi connectivity index (χ1n) is 8.22. The van der Waals surface area contributed by atoms with Gasteiger partial charge in [0.05, 0.1) is 18.3 Å². The molecule has 0 aliphatic carbocycles. The van der Waals surface area contributed by atoms with Crippen LogP contribution in [-0.4, -0.2) is 44.1 Å². The van der Waals surface area contributed by atoms with Crippen molar-refractivity contribution in [2.75, 3.05) is 18.4 Å². The minimum Gasteiger partial charge on any atom is -0.301 e. The number of aryl methyl sites for hydroxylation is 1. The number of aromatic nitrogens is 4. The summed E-state index contributed by atoms with van der Waals surface area (Å²) in [5.74, 6) is 1.55. The van der Waals surface area contributed by atoms with Gasteiger partial charge in [0, 0.05) is 10.8 Å². The van der Waals surface area contributed by atoms with Crippen LogP contribution in [-0.2, 0) is 10.2 Å². The predicted molar refractivity (Wildman–Crippen MR) is 94.1 cm³/mol. The Hall–Kier alpha value is -1.80. The van der Waals surface area contributed by atoms with Crippen LogP contribution in [0.3, 0.4) is 0 Å². The van der Waals surface area contributed by atoms with E-state index in [0.717, 1.165) is 36.7 Å². The van der Waals surface area contributed by atoms with Gasteiger partial charge in [-0.05, 0) is 26.3 Å². The third-order valence-corrected chi connectivity index (χ3v) is 4.90. The van der Waals surface area contributed by atoms with Gasteiger partial charge < -0.3 is 5.32 Å². The summed E-state index contributed by atoms with van der Waals surface area (Å²) < 4.78 is 0. The number of nitrogens with zero attached hydrogens (tertiary/aromatic N) is 4. The minimum absolute atomic E-state index is 0.0109. The van der Waals surface area contributed by atoms with Gasteiger partial charge >= 0.3 is 0 Å². The van der Waals surface area contributed by atoms with Gasteiger partial charge in [-0.1, -0.05) is 20.8 Å². The maximum absolute atomic E-state index is 12.4. The Morgan fingerprint density at radius 1 is 1.46 bits per heavy atom. The van der Waals surface area contributed by atoms with E-state index in [9.17, 15) is 4.79 Å². The summed E-state index contributed by atoms with van der Waals surface area (Å²) in [6.45, 7) is 9.45. The molecule has 1 aliphatic heterocycles. The molecule has 0 unspecified atom stereocenters. The lowest BCUT2D eigenvalue weighted by Crippen LogP contribution is -2.33. The lowest BCUT2D eigenvalue weighted by Gasteiger charge is -2.21. The fraction of sp³-hybridized carbons (Fsp3) is 0.625. The lowest BCUT2D eigenvalue weighted by atomic mass is 9.93. The fourth-order valence-electron chi connectivity index (χ4n) is 2.84. The molecule has 1 saturated heterocycles. The Bertz CT molecular complexity index is 716. The largest absolute Gasteiger partial charge is 0.301 e. The Labute approximate surface area is 145 Å². The first-order valence-corrected chi connectivity index (χ1v) is 9.10. The first kappa shape index (κ1) is 17.0. The zero-order valence-electron chi connectivity index (χ0n) is 14.6. The van der Waals surface area contributed by atoms with Crippen molar-refractivity contribution in [1.82, 2.24) is 25.1 Å². The minimum atomic E-state index is -0.0380. The summed E-state index contributed by atoms with van der Waals surface area (Å²) in [5, 5.41) is 12.7. The number of aromatic amines is 1. The molecule has 8 heteroatoms. The lowest BCUT2D eigenvalue weighted by molar-refractivity contribution is -0.117. The van der Waals surface area contributed by atoms with Crippen LogP contribution in [0.25, 0.3) is 0 Å². The number of likely N-dealkylation sites (tertiary alicyclic amines) is 1. The third-order valence-electron chi connectivity index (χ3n) is 4.14. The van der Waals surface area contributed by atoms with Gasteiger partial charge in [0.15, 0.2) is 11.0 Å². The van der Waals surface area contributed by atoms with Crippen LogP contribution in [0.1, 0.15) is 57.0 Å². The molecule has 1 aliphatic rings. The van der Waals surface area contributed by atoms with E-state index in [-0.39, 0.29) is 17.4 Å². The number of thiazole rings is 1. The summed E-state index contributed by atoms with van der Waals surface area (Å²) in [6.07, 6.45) is 2.03. The van der Waals surface area contributed by atoms with Gasteiger partial charge in [-0.25, -0.2) is 9.97 Å². The van der Waals surface area contributed by atoms with E-state index >= 15 is 0 Å². The summed E-state index contributed by atoms with van der Waals surface area (Å²) >= 11 is 1.47. The molecule has 1 atom stereocenters. The summed E-state index contributed by atoms with van der Waals surface area (Å²) in [4.78, 5) is 23.4. The zero-order valence-corrected chi connectivity index (χ0v) is 15.4. The highest BCUT2D eigenvalue weighted by Gasteiger charge is 2.30. The smallest absolute Gasteiger partial charge is 0.240 e. The molecule has 0 spiro atoms. The van der Waals surface area contributed by atoms with Gasteiger partial charge in [-0.2, -0.15) is 5.10 Å². The number of amides is 1. The fourth-order valence-corrected chi connectivity index (χ4v) is 3.79. The summed E-state index contributed by atoms with van der Waals surface area (Å²) in [6, 6.07) is 0.113. The van der Waals surface area contributed by atoms with E-state index in [4.69, 9.17) is 0 Å². The van der Waals surface area contributed by atoms with Crippen molar-refractivity contribution >= 4 is 22.4 Å². The highest BCUT2D eigenvalue weighted by atomic mass is 32.1. The quantitative estimate of drug-likeness (QED) is 0.887. The molecule has 3 rings (SSSR count). The van der Waals surface area contributed by atoms with Gasteiger partial charge in [0.25, 0.3) is 0 Å². The molecule has 24 heavy (non-hydrogen) atoms. The van der Waals surface area contributed by atoms with E-state index in [1.807, 2.05) is 12.3 Å². The van der Waals surface area contributed by atoms with Gasteiger partial charge in [-0.3, -0.25) is 14.8 Å². The molecule has 2 aromatic rings. The monoisotopic (exact) mass is 348 g/mol. The molecule has 7 nitrogen and oxygen atoms in total. The molecule has 0 saturated carbocycles. The molecule has 1 amide bonds. The molecule has 2 aromatic heterocycles. The van der Waals surface area contributed by atoms with Gasteiger partial charge in [-0.15, -0.1) is 11.3 Å². The second-order valence-corrected chi connectivity index (χ2v) is 8.10. The van der Waals surface area contributed by atoms with E-state index in [1.165, 1.54) is 11.3 Å². The maximum Gasteiger partial charge on any atom is 0.240 e. The second kappa shape index (κ2) is 6.60. The Balaban J connectivity index is 1.61. The average Bonchev–Trinajstić information content (AvgIpc) is 3.18. The van der Waals surface area contributed by atoms with Gasteiger partial charge in [0.2, 0.25) is 5.91 Å². The van der Waals surface area contributed by atoms with Crippen molar-refractivity contribution in [3.8, 4) is 0 Å². The molecule has 0 aromatic carbocycles. The standard InChI is InChI=1S/C16H24N6OS/c1-10-17-14(21-20-10)11-6-5-7-22(11)8-13(23)19-15-18-12(9-24-15)16(2,3)4/h9,11H,5-8H2,1-4H3,(H,17,20,21)(H,18,19,23)/t11-/m1/s1. The number of carbonyl (C=O) groups excluding carboxylic acids is 1. The number of H-pyrrole nitrogens is 1. The van der Waals surface area contributed by atoms with E-state index in [1.54, 1.807) is 0 Å². The highest BCUT2D eigenvalue weighted by Crippen LogP contribution is 2.30. The number of hydrogen-bond acceptors (Lipinski definition) is 6. The van der Waals surface area contributed by atoms with Crippen LogP contribution in [0.15, 0.2) is 5.38 Å². The molecule has 1 fully saturated rings. The molecule has 2 N–H and O–H groups in total. The van der Waals surface area contributed by atoms with Crippen LogP contribution in [0.2, 0.25) is 0 Å². The van der Waals surface area contributed by atoms with E-state index in [2.05, 4.69) is 51.2 Å². The van der Waals surface area contributed by atoms with Crippen molar-refractivity contribution < 1.29 is 4.79 Å². The van der Waals surface area contributed by atoms with Crippen molar-refractivity contribution in [3.63, 3.8) is 0 Å². The van der Waals surface area contributed by atoms with Crippen LogP contribution in [0.5, 0.6) is 0 Å². The summed E-state index contributed by atoms with van der Waals surface area (Å²) in [7, 11) is 0. The number of nitrogens with one attached hydrogen (secondary N) is 2. The van der Waals surface area contributed by atoms with Crippen molar-refractivity contribution in [2.24, 2.45) is 0 Å². The number of rotatable bonds is 4. The summed E-state index contributed by atoms with van der Waals surface area (Å²) in [5.41, 5.74) is 0.987. The van der Waals surface area contributed by atoms with E-state index < -0.39 is 0 Å². The van der Waals surface area contributed by atoms with Crippen LogP contribution < -0.4 is 5.32 Å². The third kappa shape index (κ3) is 3.81. The first-order chi connectivity index (χ1) is 11.3. The molecular weight excluding hydrogens is 324 g/mol. The van der Waals surface area contributed by atoms with Crippen LogP contribution in [0.4, 0.5) is 5.13 Å². The predicted octanol–water partition coefficient (Wildman–Crippen LogP) is 2.64. The van der Waals surface area contributed by atoms with Gasteiger partial charge in [0.1, 0.15) is 5.82 Å². The highest BCUT2D eigenvalue weighted by molar-refractivity contribution is 7.13. The molecule has 0 radical (unpaired) electrons. The number of anilines is 1. The topological polar surface area (TPSA) is 86.8 Å².